The first-order valence-corrected chi connectivity index (χ1v) is 10.4. The summed E-state index contributed by atoms with van der Waals surface area (Å²) < 4.78 is 48.2. The fourth-order valence-electron chi connectivity index (χ4n) is 3.90. The number of hydrogen-bond acceptors (Lipinski definition) is 2. The maximum Gasteiger partial charge on any atom is 0.200 e. The zero-order valence-electron chi connectivity index (χ0n) is 16.9. The second-order valence-corrected chi connectivity index (χ2v) is 7.74. The number of phenols is 1. The van der Waals surface area contributed by atoms with Crippen LogP contribution >= 0.6 is 0 Å². The number of allylic oxidation sites excluding steroid dienone is 2. The summed E-state index contributed by atoms with van der Waals surface area (Å²) in [4.78, 5) is 0. The molecule has 160 valence electrons. The van der Waals surface area contributed by atoms with Gasteiger partial charge < -0.3 is 9.84 Å². The first-order chi connectivity index (χ1) is 14.5. The highest BCUT2D eigenvalue weighted by Gasteiger charge is 2.26. The van der Waals surface area contributed by atoms with E-state index in [1.807, 2.05) is 6.08 Å². The van der Waals surface area contributed by atoms with Gasteiger partial charge in [0, 0.05) is 11.6 Å². The van der Waals surface area contributed by atoms with Crippen LogP contribution in [0.5, 0.6) is 11.5 Å². The zero-order valence-corrected chi connectivity index (χ0v) is 16.9. The van der Waals surface area contributed by atoms with Gasteiger partial charge in [-0.2, -0.15) is 4.39 Å². The van der Waals surface area contributed by atoms with Crippen LogP contribution in [-0.2, 0) is 0 Å². The number of hydrogen-bond donors (Lipinski definition) is 1. The quantitative estimate of drug-likeness (QED) is 0.366. The average Bonchev–Trinajstić information content (AvgIpc) is 2.74. The fourth-order valence-corrected chi connectivity index (χ4v) is 3.90. The van der Waals surface area contributed by atoms with Gasteiger partial charge in [-0.1, -0.05) is 24.3 Å². The van der Waals surface area contributed by atoms with Crippen molar-refractivity contribution in [2.24, 2.45) is 5.92 Å². The summed E-state index contributed by atoms with van der Waals surface area (Å²) in [6.45, 7) is 3.94. The van der Waals surface area contributed by atoms with Crippen LogP contribution in [-0.4, -0.2) is 11.7 Å². The lowest BCUT2D eigenvalue weighted by Gasteiger charge is -2.27. The van der Waals surface area contributed by atoms with Crippen molar-refractivity contribution in [1.29, 1.82) is 0 Å². The number of unbranched alkanes of at least 4 members (excludes halogenated alkanes) is 1. The standard InChI is InChI=1S/C25H27F3O2/c1-2-3-4-15-30-23-14-13-21(24(27)25(23)28)18-8-5-17(6-9-18)7-10-19-11-12-20(29)16-22(19)26/h2,7,10-14,16-18,29H,1,3-6,8-9,15H2/b10-7+. The molecule has 0 aromatic heterocycles. The minimum Gasteiger partial charge on any atom is -0.508 e. The summed E-state index contributed by atoms with van der Waals surface area (Å²) >= 11 is 0. The van der Waals surface area contributed by atoms with Gasteiger partial charge in [-0.25, -0.2) is 8.78 Å². The number of phenolic OH excluding ortho intramolecular Hbond substituents is 1. The van der Waals surface area contributed by atoms with Crippen molar-refractivity contribution >= 4 is 6.08 Å². The Hall–Kier alpha value is -2.69. The highest BCUT2D eigenvalue weighted by Crippen LogP contribution is 2.39. The molecule has 0 saturated heterocycles. The molecule has 0 amide bonds. The van der Waals surface area contributed by atoms with E-state index in [1.54, 1.807) is 18.2 Å². The number of halogens is 3. The SMILES string of the molecule is C=CCCCOc1ccc(C2CCC(/C=C/c3ccc(O)cc3F)CC2)c(F)c1F. The molecule has 2 aromatic rings. The summed E-state index contributed by atoms with van der Waals surface area (Å²) in [7, 11) is 0. The van der Waals surface area contributed by atoms with Gasteiger partial charge in [0.1, 0.15) is 11.6 Å². The minimum atomic E-state index is -0.920. The second kappa shape index (κ2) is 10.4. The topological polar surface area (TPSA) is 29.5 Å². The lowest BCUT2D eigenvalue weighted by Crippen LogP contribution is -2.14. The average molecular weight is 416 g/mol. The van der Waals surface area contributed by atoms with E-state index in [0.29, 0.717) is 24.2 Å². The molecule has 30 heavy (non-hydrogen) atoms. The molecule has 3 rings (SSSR count). The van der Waals surface area contributed by atoms with Crippen molar-refractivity contribution < 1.29 is 23.0 Å². The number of ether oxygens (including phenoxy) is 1. The molecule has 1 aliphatic carbocycles. The van der Waals surface area contributed by atoms with Gasteiger partial charge in [0.05, 0.1) is 6.61 Å². The Bertz CT molecular complexity index is 900. The predicted molar refractivity (Wildman–Crippen MR) is 113 cm³/mol. The van der Waals surface area contributed by atoms with E-state index in [4.69, 9.17) is 4.74 Å². The fraction of sp³-hybridized carbons (Fsp3) is 0.360. The van der Waals surface area contributed by atoms with Gasteiger partial charge >= 0.3 is 0 Å². The van der Waals surface area contributed by atoms with Gasteiger partial charge in [-0.05, 0) is 74.1 Å². The molecule has 2 nitrogen and oxygen atoms in total. The molecule has 1 fully saturated rings. The molecule has 0 unspecified atom stereocenters. The van der Waals surface area contributed by atoms with Crippen LogP contribution < -0.4 is 4.74 Å². The van der Waals surface area contributed by atoms with E-state index >= 15 is 0 Å². The zero-order chi connectivity index (χ0) is 21.5. The van der Waals surface area contributed by atoms with Gasteiger partial charge in [0.15, 0.2) is 11.6 Å². The van der Waals surface area contributed by atoms with Crippen molar-refractivity contribution in [2.75, 3.05) is 6.61 Å². The number of rotatable bonds is 8. The largest absolute Gasteiger partial charge is 0.508 e. The van der Waals surface area contributed by atoms with Crippen molar-refractivity contribution in [3.8, 4) is 11.5 Å². The summed E-state index contributed by atoms with van der Waals surface area (Å²) in [5.41, 5.74) is 0.824. The van der Waals surface area contributed by atoms with Crippen molar-refractivity contribution in [2.45, 2.75) is 44.4 Å². The molecular formula is C25H27F3O2. The maximum atomic E-state index is 14.6. The monoisotopic (exact) mass is 416 g/mol. The lowest BCUT2D eigenvalue weighted by molar-refractivity contribution is 0.288. The number of aromatic hydroxyl groups is 1. The Balaban J connectivity index is 1.58. The van der Waals surface area contributed by atoms with Crippen LogP contribution in [0.15, 0.2) is 49.1 Å². The van der Waals surface area contributed by atoms with E-state index in [-0.39, 0.29) is 23.3 Å². The Morgan fingerprint density at radius 1 is 1.03 bits per heavy atom. The highest BCUT2D eigenvalue weighted by atomic mass is 19.2. The first-order valence-electron chi connectivity index (χ1n) is 10.4. The molecular weight excluding hydrogens is 389 g/mol. The summed E-state index contributed by atoms with van der Waals surface area (Å²) in [6, 6.07) is 7.21. The minimum absolute atomic E-state index is 0.0376. The molecule has 1 N–H and O–H groups in total. The second-order valence-electron chi connectivity index (χ2n) is 7.74. The Morgan fingerprint density at radius 2 is 1.80 bits per heavy atom. The summed E-state index contributed by atoms with van der Waals surface area (Å²) in [6.07, 6.45) is 10.0. The van der Waals surface area contributed by atoms with Crippen LogP contribution in [0, 0.1) is 23.4 Å². The molecule has 0 spiro atoms. The van der Waals surface area contributed by atoms with Crippen LogP contribution in [0.3, 0.4) is 0 Å². The van der Waals surface area contributed by atoms with Gasteiger partial charge in [-0.15, -0.1) is 6.58 Å². The Labute approximate surface area is 175 Å². The van der Waals surface area contributed by atoms with Crippen LogP contribution in [0.25, 0.3) is 6.08 Å². The van der Waals surface area contributed by atoms with E-state index in [0.717, 1.165) is 38.2 Å². The maximum absolute atomic E-state index is 14.6. The smallest absolute Gasteiger partial charge is 0.200 e. The van der Waals surface area contributed by atoms with E-state index in [1.165, 1.54) is 18.2 Å². The normalized spacial score (nSPS) is 19.2. The van der Waals surface area contributed by atoms with E-state index in [9.17, 15) is 18.3 Å². The predicted octanol–water partition coefficient (Wildman–Crippen LogP) is 7.14. The van der Waals surface area contributed by atoms with Crippen molar-refractivity contribution in [3.63, 3.8) is 0 Å². The third-order valence-corrected chi connectivity index (χ3v) is 5.63. The van der Waals surface area contributed by atoms with E-state index < -0.39 is 17.5 Å². The summed E-state index contributed by atoms with van der Waals surface area (Å²) in [5.74, 6) is -2.14. The first kappa shape index (κ1) is 22.0. The third-order valence-electron chi connectivity index (χ3n) is 5.63. The molecule has 0 radical (unpaired) electrons. The Kier molecular flexibility index (Phi) is 7.61. The van der Waals surface area contributed by atoms with Crippen molar-refractivity contribution in [1.82, 2.24) is 0 Å². The molecule has 2 aromatic carbocycles. The molecule has 5 heteroatoms. The molecule has 0 heterocycles. The van der Waals surface area contributed by atoms with Crippen LogP contribution in [0.2, 0.25) is 0 Å². The lowest BCUT2D eigenvalue weighted by atomic mass is 9.78. The molecule has 0 bridgehead atoms. The Morgan fingerprint density at radius 3 is 2.50 bits per heavy atom. The van der Waals surface area contributed by atoms with Crippen molar-refractivity contribution in [3.05, 3.63) is 77.6 Å². The molecule has 0 atom stereocenters. The number of benzene rings is 2. The van der Waals surface area contributed by atoms with Gasteiger partial charge in [0.2, 0.25) is 5.82 Å². The van der Waals surface area contributed by atoms with Crippen LogP contribution in [0.1, 0.15) is 55.6 Å². The van der Waals surface area contributed by atoms with Crippen LogP contribution in [0.4, 0.5) is 13.2 Å². The van der Waals surface area contributed by atoms with Gasteiger partial charge in [-0.3, -0.25) is 0 Å². The molecule has 0 aliphatic heterocycles. The molecule has 1 saturated carbocycles. The van der Waals surface area contributed by atoms with E-state index in [2.05, 4.69) is 6.58 Å². The summed E-state index contributed by atoms with van der Waals surface area (Å²) in [5, 5.41) is 9.28. The molecule has 1 aliphatic rings. The third kappa shape index (κ3) is 5.47. The van der Waals surface area contributed by atoms with Gasteiger partial charge in [0.25, 0.3) is 0 Å². The highest BCUT2D eigenvalue weighted by molar-refractivity contribution is 5.51.